The zero-order valence-corrected chi connectivity index (χ0v) is 6.18. The Kier molecular flexibility index (Phi) is 5.61. The van der Waals surface area contributed by atoms with Gasteiger partial charge in [0.05, 0.1) is 12.7 Å². The van der Waals surface area contributed by atoms with Gasteiger partial charge in [-0.1, -0.05) is 0 Å². The van der Waals surface area contributed by atoms with Gasteiger partial charge in [-0.05, 0) is 7.05 Å². The third-order valence-electron chi connectivity index (χ3n) is 1.03. The van der Waals surface area contributed by atoms with Gasteiger partial charge in [-0.15, -0.1) is 0 Å². The summed E-state index contributed by atoms with van der Waals surface area (Å²) in [6.45, 7) is -0.614. The van der Waals surface area contributed by atoms with Crippen molar-refractivity contribution >= 4 is 0 Å². The molecule has 1 atom stereocenters. The second-order valence-electron chi connectivity index (χ2n) is 1.90. The molecular weight excluding hydrogens is 154 g/mol. The average Bonchev–Trinajstić information content (AvgIpc) is 1.98. The Balaban J connectivity index is 3.30. The molecule has 0 aromatic rings. The van der Waals surface area contributed by atoms with Gasteiger partial charge in [-0.2, -0.15) is 5.26 Å². The van der Waals surface area contributed by atoms with E-state index in [0.717, 1.165) is 0 Å². The first kappa shape index (κ1) is 10.3. The van der Waals surface area contributed by atoms with E-state index in [1.165, 1.54) is 0 Å². The van der Waals surface area contributed by atoms with Crippen LogP contribution < -0.4 is 5.32 Å². The number of nitrogens with one attached hydrogen (secondary N) is 1. The maximum absolute atomic E-state index is 11.5. The molecule has 3 nitrogen and oxygen atoms in total. The first-order valence-electron chi connectivity index (χ1n) is 3.13. The molecule has 5 heteroatoms. The number of ether oxygens (including phenoxy) is 1. The van der Waals surface area contributed by atoms with Crippen LogP contribution in [-0.2, 0) is 4.74 Å². The summed E-state index contributed by atoms with van der Waals surface area (Å²) in [6, 6.07) is 1.34. The molecule has 0 rings (SSSR count). The summed E-state index contributed by atoms with van der Waals surface area (Å²) < 4.78 is 27.4. The molecule has 64 valence electrons. The van der Waals surface area contributed by atoms with Crippen LogP contribution in [0.15, 0.2) is 0 Å². The minimum atomic E-state index is -2.47. The Labute approximate surface area is 64.0 Å². The van der Waals surface area contributed by atoms with Crippen molar-refractivity contribution in [1.82, 2.24) is 5.32 Å². The van der Waals surface area contributed by atoms with Crippen molar-refractivity contribution in [3.05, 3.63) is 0 Å². The van der Waals surface area contributed by atoms with E-state index in [1.807, 2.05) is 6.07 Å². The van der Waals surface area contributed by atoms with Gasteiger partial charge in [0.1, 0.15) is 12.6 Å². The van der Waals surface area contributed by atoms with E-state index in [1.54, 1.807) is 7.05 Å². The molecule has 1 N–H and O–H groups in total. The molecule has 0 saturated carbocycles. The molecule has 0 aromatic heterocycles. The molecule has 0 aliphatic heterocycles. The fourth-order valence-electron chi connectivity index (χ4n) is 0.460. The number of hydrogen-bond acceptors (Lipinski definition) is 3. The largest absolute Gasteiger partial charge is 0.373 e. The molecule has 0 amide bonds. The molecule has 0 aliphatic carbocycles. The van der Waals surface area contributed by atoms with E-state index < -0.39 is 19.1 Å². The van der Waals surface area contributed by atoms with E-state index in [2.05, 4.69) is 10.1 Å². The van der Waals surface area contributed by atoms with Crippen LogP contribution in [0.4, 0.5) is 8.78 Å². The highest BCUT2D eigenvalue weighted by Gasteiger charge is 2.06. The van der Waals surface area contributed by atoms with E-state index in [9.17, 15) is 8.78 Å². The summed E-state index contributed by atoms with van der Waals surface area (Å²) in [5.74, 6) is 0. The van der Waals surface area contributed by atoms with Gasteiger partial charge in [0.2, 0.25) is 0 Å². The van der Waals surface area contributed by atoms with Crippen molar-refractivity contribution in [2.45, 2.75) is 12.5 Å². The van der Waals surface area contributed by atoms with Crippen LogP contribution in [0, 0.1) is 11.3 Å². The zero-order chi connectivity index (χ0) is 8.69. The maximum atomic E-state index is 11.5. The minimum Gasteiger partial charge on any atom is -0.373 e. The number of hydrogen-bond donors (Lipinski definition) is 1. The van der Waals surface area contributed by atoms with Crippen LogP contribution in [0.3, 0.4) is 0 Å². The molecular formula is C6H10F2N2O. The predicted molar refractivity (Wildman–Crippen MR) is 35.3 cm³/mol. The Morgan fingerprint density at radius 1 is 1.55 bits per heavy atom. The third-order valence-corrected chi connectivity index (χ3v) is 1.03. The van der Waals surface area contributed by atoms with Crippen LogP contribution in [0.25, 0.3) is 0 Å². The van der Waals surface area contributed by atoms with Gasteiger partial charge in [-0.3, -0.25) is 0 Å². The first-order valence-corrected chi connectivity index (χ1v) is 3.13. The van der Waals surface area contributed by atoms with Crippen molar-refractivity contribution in [2.24, 2.45) is 0 Å². The number of alkyl halides is 2. The predicted octanol–water partition coefficient (Wildman–Crippen LogP) is 0.380. The molecule has 0 saturated heterocycles. The second-order valence-corrected chi connectivity index (χ2v) is 1.90. The summed E-state index contributed by atoms with van der Waals surface area (Å²) in [7, 11) is 1.57. The average molecular weight is 164 g/mol. The second kappa shape index (κ2) is 6.01. The molecule has 1 unspecified atom stereocenters. The fraction of sp³-hybridized carbons (Fsp3) is 0.833. The van der Waals surface area contributed by atoms with E-state index in [4.69, 9.17) is 5.26 Å². The summed E-state index contributed by atoms with van der Waals surface area (Å²) in [5.41, 5.74) is 0. The monoisotopic (exact) mass is 164 g/mol. The summed E-state index contributed by atoms with van der Waals surface area (Å²) in [5, 5.41) is 10.9. The van der Waals surface area contributed by atoms with Gasteiger partial charge in [0, 0.05) is 0 Å². The topological polar surface area (TPSA) is 45.0 Å². The zero-order valence-electron chi connectivity index (χ0n) is 6.18. The Morgan fingerprint density at radius 2 is 2.18 bits per heavy atom. The fourth-order valence-corrected chi connectivity index (χ4v) is 0.460. The first-order chi connectivity index (χ1) is 5.20. The van der Waals surface area contributed by atoms with Crippen molar-refractivity contribution in [1.29, 1.82) is 5.26 Å². The van der Waals surface area contributed by atoms with Crippen LogP contribution >= 0.6 is 0 Å². The Morgan fingerprint density at radius 3 is 2.55 bits per heavy atom. The molecule has 0 aromatic carbocycles. The maximum Gasteiger partial charge on any atom is 0.261 e. The normalized spacial score (nSPS) is 13.0. The number of nitrogens with zero attached hydrogens (tertiary/aromatic N) is 1. The lowest BCUT2D eigenvalue weighted by molar-refractivity contribution is 0.0144. The molecule has 0 aliphatic rings. The Hall–Kier alpha value is -0.730. The van der Waals surface area contributed by atoms with Gasteiger partial charge < -0.3 is 10.1 Å². The minimum absolute atomic E-state index is 0.00264. The molecule has 0 radical (unpaired) electrons. The third kappa shape index (κ3) is 5.70. The van der Waals surface area contributed by atoms with Crippen LogP contribution in [-0.4, -0.2) is 32.7 Å². The highest BCUT2D eigenvalue weighted by Crippen LogP contribution is 1.93. The highest BCUT2D eigenvalue weighted by molar-refractivity contribution is 4.88. The number of rotatable bonds is 5. The molecule has 0 bridgehead atoms. The lowest BCUT2D eigenvalue weighted by Gasteiger charge is -2.07. The van der Waals surface area contributed by atoms with Crippen molar-refractivity contribution in [3.8, 4) is 6.07 Å². The number of halogens is 2. The lowest BCUT2D eigenvalue weighted by Crippen LogP contribution is -2.29. The highest BCUT2D eigenvalue weighted by atomic mass is 19.3. The van der Waals surface area contributed by atoms with Gasteiger partial charge in [-0.25, -0.2) is 8.78 Å². The van der Waals surface area contributed by atoms with Crippen LogP contribution in [0.1, 0.15) is 0 Å². The van der Waals surface area contributed by atoms with Crippen LogP contribution in [0.2, 0.25) is 0 Å². The smallest absolute Gasteiger partial charge is 0.261 e. The number of likely N-dealkylation sites (N-methyl/N-ethyl adjacent to an activating group) is 1. The molecule has 11 heavy (non-hydrogen) atoms. The van der Waals surface area contributed by atoms with E-state index in [0.29, 0.717) is 0 Å². The van der Waals surface area contributed by atoms with Gasteiger partial charge in [0.25, 0.3) is 6.43 Å². The molecule has 0 spiro atoms. The van der Waals surface area contributed by atoms with Gasteiger partial charge in [0.15, 0.2) is 0 Å². The van der Waals surface area contributed by atoms with Crippen molar-refractivity contribution < 1.29 is 13.5 Å². The van der Waals surface area contributed by atoms with E-state index in [-0.39, 0.29) is 6.61 Å². The Bertz CT molecular complexity index is 135. The summed E-state index contributed by atoms with van der Waals surface area (Å²) in [4.78, 5) is 0. The van der Waals surface area contributed by atoms with Crippen molar-refractivity contribution in [2.75, 3.05) is 20.3 Å². The molecule has 0 heterocycles. The van der Waals surface area contributed by atoms with Gasteiger partial charge >= 0.3 is 0 Å². The van der Waals surface area contributed by atoms with E-state index >= 15 is 0 Å². The standard InChI is InChI=1S/C6H10F2N2O/c1-10-5(2-9)3-11-4-6(7)8/h5-6,10H,3-4H2,1H3. The summed E-state index contributed by atoms with van der Waals surface area (Å²) >= 11 is 0. The van der Waals surface area contributed by atoms with Crippen molar-refractivity contribution in [3.63, 3.8) is 0 Å². The van der Waals surface area contributed by atoms with Crippen LogP contribution in [0.5, 0.6) is 0 Å². The summed E-state index contributed by atoms with van der Waals surface area (Å²) in [6.07, 6.45) is -2.47. The lowest BCUT2D eigenvalue weighted by atomic mass is 10.4. The number of nitriles is 1. The molecule has 0 fully saturated rings. The quantitative estimate of drug-likeness (QED) is 0.638. The SMILES string of the molecule is CNC(C#N)COCC(F)F.